The van der Waals surface area contributed by atoms with Crippen LogP contribution in [0.1, 0.15) is 36.7 Å². The van der Waals surface area contributed by atoms with Crippen molar-refractivity contribution >= 4 is 12.1 Å². The topological polar surface area (TPSA) is 69.2 Å². The van der Waals surface area contributed by atoms with E-state index in [1.807, 2.05) is 26.8 Å². The standard InChI is InChI=1S/C20H24N2O4/c1-5-25-19-12-15(6-11-18(19)24-4)13-21-22-20(23)16-7-9-17(10-8-16)26-14(2)3/h6-14H,5H2,1-4H3,(H,22,23)/b21-13-. The van der Waals surface area contributed by atoms with Crippen molar-refractivity contribution in [3.05, 3.63) is 53.6 Å². The molecule has 0 heterocycles. The van der Waals surface area contributed by atoms with Gasteiger partial charge in [-0.15, -0.1) is 0 Å². The summed E-state index contributed by atoms with van der Waals surface area (Å²) in [6.45, 7) is 6.33. The minimum Gasteiger partial charge on any atom is -0.493 e. The fourth-order valence-corrected chi connectivity index (χ4v) is 2.23. The van der Waals surface area contributed by atoms with Crippen LogP contribution >= 0.6 is 0 Å². The second kappa shape index (κ2) is 9.46. The molecule has 2 rings (SSSR count). The molecule has 0 bridgehead atoms. The van der Waals surface area contributed by atoms with Crippen LogP contribution < -0.4 is 19.6 Å². The first-order chi connectivity index (χ1) is 12.5. The van der Waals surface area contributed by atoms with Gasteiger partial charge in [0, 0.05) is 5.56 Å². The number of amides is 1. The van der Waals surface area contributed by atoms with E-state index in [9.17, 15) is 4.79 Å². The van der Waals surface area contributed by atoms with Crippen LogP contribution in [0.25, 0.3) is 0 Å². The van der Waals surface area contributed by atoms with E-state index >= 15 is 0 Å². The normalized spacial score (nSPS) is 10.8. The Kier molecular flexibility index (Phi) is 7.02. The Morgan fingerprint density at radius 1 is 1.15 bits per heavy atom. The van der Waals surface area contributed by atoms with E-state index in [-0.39, 0.29) is 12.0 Å². The third kappa shape index (κ3) is 5.51. The summed E-state index contributed by atoms with van der Waals surface area (Å²) >= 11 is 0. The molecule has 0 spiro atoms. The molecule has 0 unspecified atom stereocenters. The van der Waals surface area contributed by atoms with Crippen molar-refractivity contribution in [3.8, 4) is 17.2 Å². The third-order valence-corrected chi connectivity index (χ3v) is 3.36. The smallest absolute Gasteiger partial charge is 0.271 e. The number of benzene rings is 2. The van der Waals surface area contributed by atoms with Gasteiger partial charge in [-0.2, -0.15) is 5.10 Å². The molecule has 2 aromatic rings. The maximum absolute atomic E-state index is 12.1. The lowest BCUT2D eigenvalue weighted by Gasteiger charge is -2.10. The summed E-state index contributed by atoms with van der Waals surface area (Å²) in [5.41, 5.74) is 3.80. The Labute approximate surface area is 153 Å². The largest absolute Gasteiger partial charge is 0.493 e. The Morgan fingerprint density at radius 3 is 2.50 bits per heavy atom. The molecule has 0 fully saturated rings. The maximum Gasteiger partial charge on any atom is 0.271 e. The Hall–Kier alpha value is -3.02. The minimum atomic E-state index is -0.295. The molecule has 0 aliphatic carbocycles. The number of rotatable bonds is 8. The highest BCUT2D eigenvalue weighted by Gasteiger charge is 2.06. The van der Waals surface area contributed by atoms with Crippen LogP contribution in [0.3, 0.4) is 0 Å². The molecule has 138 valence electrons. The maximum atomic E-state index is 12.1. The fraction of sp³-hybridized carbons (Fsp3) is 0.300. The van der Waals surface area contributed by atoms with Crippen molar-refractivity contribution in [3.63, 3.8) is 0 Å². The van der Waals surface area contributed by atoms with E-state index < -0.39 is 0 Å². The summed E-state index contributed by atoms with van der Waals surface area (Å²) in [6.07, 6.45) is 1.64. The van der Waals surface area contributed by atoms with Crippen LogP contribution in [0, 0.1) is 0 Å². The van der Waals surface area contributed by atoms with Crippen LogP contribution in [-0.2, 0) is 0 Å². The molecule has 6 heteroatoms. The number of hydrogen-bond donors (Lipinski definition) is 1. The van der Waals surface area contributed by atoms with Gasteiger partial charge in [-0.05, 0) is 68.8 Å². The summed E-state index contributed by atoms with van der Waals surface area (Å²) in [6, 6.07) is 12.3. The number of carbonyl (C=O) groups is 1. The molecule has 0 aromatic heterocycles. The van der Waals surface area contributed by atoms with Gasteiger partial charge in [-0.25, -0.2) is 5.43 Å². The molecule has 26 heavy (non-hydrogen) atoms. The van der Waals surface area contributed by atoms with Crippen LogP contribution in [0.5, 0.6) is 17.2 Å². The highest BCUT2D eigenvalue weighted by atomic mass is 16.5. The number of hydrogen-bond acceptors (Lipinski definition) is 5. The molecule has 2 aromatic carbocycles. The van der Waals surface area contributed by atoms with Crippen LogP contribution in [0.4, 0.5) is 0 Å². The number of nitrogens with zero attached hydrogens (tertiary/aromatic N) is 1. The zero-order chi connectivity index (χ0) is 18.9. The third-order valence-electron chi connectivity index (χ3n) is 3.36. The molecule has 0 aliphatic rings. The summed E-state index contributed by atoms with van der Waals surface area (Å²) in [5, 5.41) is 3.99. The summed E-state index contributed by atoms with van der Waals surface area (Å²) < 4.78 is 16.3. The predicted octanol–water partition coefficient (Wildman–Crippen LogP) is 3.65. The van der Waals surface area contributed by atoms with E-state index in [4.69, 9.17) is 14.2 Å². The van der Waals surface area contributed by atoms with Gasteiger partial charge in [0.05, 0.1) is 26.0 Å². The highest BCUT2D eigenvalue weighted by Crippen LogP contribution is 2.27. The number of carbonyl (C=O) groups excluding carboxylic acids is 1. The lowest BCUT2D eigenvalue weighted by molar-refractivity contribution is 0.0955. The molecular formula is C20H24N2O4. The van der Waals surface area contributed by atoms with Crippen LogP contribution in [0.2, 0.25) is 0 Å². The molecule has 0 aliphatic heterocycles. The van der Waals surface area contributed by atoms with Crippen LogP contribution in [-0.4, -0.2) is 31.9 Å². The van der Waals surface area contributed by atoms with Gasteiger partial charge in [0.15, 0.2) is 11.5 Å². The van der Waals surface area contributed by atoms with Gasteiger partial charge in [0.25, 0.3) is 5.91 Å². The number of methoxy groups -OCH3 is 1. The first-order valence-corrected chi connectivity index (χ1v) is 8.44. The van der Waals surface area contributed by atoms with E-state index in [1.165, 1.54) is 0 Å². The minimum absolute atomic E-state index is 0.0883. The molecule has 0 radical (unpaired) electrons. The quantitative estimate of drug-likeness (QED) is 0.579. The zero-order valence-corrected chi connectivity index (χ0v) is 15.5. The number of hydrazone groups is 1. The monoisotopic (exact) mass is 356 g/mol. The van der Waals surface area contributed by atoms with Gasteiger partial charge < -0.3 is 14.2 Å². The van der Waals surface area contributed by atoms with Crippen molar-refractivity contribution < 1.29 is 19.0 Å². The lowest BCUT2D eigenvalue weighted by Crippen LogP contribution is -2.17. The predicted molar refractivity (Wildman–Crippen MR) is 101 cm³/mol. The van der Waals surface area contributed by atoms with Crippen molar-refractivity contribution in [2.24, 2.45) is 5.10 Å². The molecular weight excluding hydrogens is 332 g/mol. The summed E-state index contributed by atoms with van der Waals surface area (Å²) in [4.78, 5) is 12.1. The molecule has 6 nitrogen and oxygen atoms in total. The molecule has 0 saturated heterocycles. The molecule has 0 atom stereocenters. The second-order valence-electron chi connectivity index (χ2n) is 5.73. The lowest BCUT2D eigenvalue weighted by atomic mass is 10.2. The van der Waals surface area contributed by atoms with E-state index in [0.29, 0.717) is 23.7 Å². The first-order valence-electron chi connectivity index (χ1n) is 8.44. The Morgan fingerprint density at radius 2 is 1.88 bits per heavy atom. The number of nitrogens with one attached hydrogen (secondary N) is 1. The summed E-state index contributed by atoms with van der Waals surface area (Å²) in [5.74, 6) is 1.71. The molecule has 1 N–H and O–H groups in total. The van der Waals surface area contributed by atoms with Gasteiger partial charge in [-0.1, -0.05) is 0 Å². The van der Waals surface area contributed by atoms with Gasteiger partial charge >= 0.3 is 0 Å². The van der Waals surface area contributed by atoms with Crippen molar-refractivity contribution in [2.45, 2.75) is 26.9 Å². The molecule has 1 amide bonds. The van der Waals surface area contributed by atoms with Gasteiger partial charge in [-0.3, -0.25) is 4.79 Å². The van der Waals surface area contributed by atoms with E-state index in [1.54, 1.807) is 49.7 Å². The van der Waals surface area contributed by atoms with Crippen molar-refractivity contribution in [2.75, 3.05) is 13.7 Å². The van der Waals surface area contributed by atoms with E-state index in [2.05, 4.69) is 10.5 Å². The fourth-order valence-electron chi connectivity index (χ4n) is 2.23. The van der Waals surface area contributed by atoms with Gasteiger partial charge in [0.2, 0.25) is 0 Å². The number of ether oxygens (including phenoxy) is 3. The molecule has 0 saturated carbocycles. The Balaban J connectivity index is 1.99. The highest BCUT2D eigenvalue weighted by molar-refractivity contribution is 5.95. The van der Waals surface area contributed by atoms with Crippen molar-refractivity contribution in [1.29, 1.82) is 0 Å². The van der Waals surface area contributed by atoms with E-state index in [0.717, 1.165) is 11.3 Å². The average molecular weight is 356 g/mol. The Bertz CT molecular complexity index is 755. The first kappa shape index (κ1) is 19.3. The van der Waals surface area contributed by atoms with Crippen LogP contribution in [0.15, 0.2) is 47.6 Å². The SMILES string of the molecule is CCOc1cc(/C=N\NC(=O)c2ccc(OC(C)C)cc2)ccc1OC. The second-order valence-corrected chi connectivity index (χ2v) is 5.73. The zero-order valence-electron chi connectivity index (χ0n) is 15.5. The summed E-state index contributed by atoms with van der Waals surface area (Å²) in [7, 11) is 1.59. The average Bonchev–Trinajstić information content (AvgIpc) is 2.62. The van der Waals surface area contributed by atoms with Gasteiger partial charge in [0.1, 0.15) is 5.75 Å². The van der Waals surface area contributed by atoms with Crippen molar-refractivity contribution in [1.82, 2.24) is 5.43 Å².